The van der Waals surface area contributed by atoms with Crippen LogP contribution in [0, 0.1) is 17.2 Å². The fraction of sp³-hybridized carbons (Fsp3) is 0.364. The van der Waals surface area contributed by atoms with Crippen LogP contribution in [0.1, 0.15) is 24.3 Å². The van der Waals surface area contributed by atoms with Crippen LogP contribution in [0.15, 0.2) is 18.2 Å². The molecule has 1 saturated carbocycles. The normalized spacial score (nSPS) is 25.1. The zero-order valence-corrected chi connectivity index (χ0v) is 8.46. The van der Waals surface area contributed by atoms with Gasteiger partial charge < -0.3 is 5.73 Å². The third-order valence-electron chi connectivity index (χ3n) is 2.86. The lowest BCUT2D eigenvalue weighted by Gasteiger charge is -2.32. The van der Waals surface area contributed by atoms with Crippen LogP contribution in [-0.4, -0.2) is 0 Å². The van der Waals surface area contributed by atoms with Gasteiger partial charge in [-0.2, -0.15) is 5.26 Å². The molecule has 2 atom stereocenters. The molecule has 1 unspecified atom stereocenters. The standard InChI is InChI=1S/C11H11ClN2/c12-11-4-2-8(14)5-10(11)9-3-1-7(9)6-13/h2,4-5,7,9H,1,3,14H2/t7-,9?/m1/s1. The number of benzene rings is 1. The molecule has 0 aliphatic heterocycles. The first kappa shape index (κ1) is 9.36. The number of nitrogen functional groups attached to an aromatic ring is 1. The fourth-order valence-corrected chi connectivity index (χ4v) is 2.13. The van der Waals surface area contributed by atoms with E-state index in [2.05, 4.69) is 6.07 Å². The van der Waals surface area contributed by atoms with Crippen molar-refractivity contribution in [3.63, 3.8) is 0 Å². The molecule has 72 valence electrons. The van der Waals surface area contributed by atoms with Gasteiger partial charge >= 0.3 is 0 Å². The van der Waals surface area contributed by atoms with Crippen LogP contribution >= 0.6 is 11.6 Å². The van der Waals surface area contributed by atoms with Crippen molar-refractivity contribution in [2.75, 3.05) is 5.73 Å². The van der Waals surface area contributed by atoms with Crippen LogP contribution in [0.5, 0.6) is 0 Å². The summed E-state index contributed by atoms with van der Waals surface area (Å²) in [5, 5.41) is 9.58. The van der Waals surface area contributed by atoms with E-state index in [1.165, 1.54) is 0 Å². The number of rotatable bonds is 1. The topological polar surface area (TPSA) is 49.8 Å². The minimum atomic E-state index is 0.120. The summed E-state index contributed by atoms with van der Waals surface area (Å²) in [5.41, 5.74) is 7.44. The summed E-state index contributed by atoms with van der Waals surface area (Å²) < 4.78 is 0. The fourth-order valence-electron chi connectivity index (χ4n) is 1.87. The SMILES string of the molecule is N#C[C@H]1CCC1c1cc(N)ccc1Cl. The van der Waals surface area contributed by atoms with Crippen molar-refractivity contribution in [3.05, 3.63) is 28.8 Å². The summed E-state index contributed by atoms with van der Waals surface area (Å²) in [7, 11) is 0. The van der Waals surface area contributed by atoms with Crippen LogP contribution in [0.3, 0.4) is 0 Å². The predicted octanol–water partition coefficient (Wildman–Crippen LogP) is 2.94. The molecule has 14 heavy (non-hydrogen) atoms. The van der Waals surface area contributed by atoms with Crippen LogP contribution in [0.2, 0.25) is 5.02 Å². The zero-order valence-electron chi connectivity index (χ0n) is 7.70. The lowest BCUT2D eigenvalue weighted by Crippen LogP contribution is -2.22. The molecule has 1 aliphatic rings. The maximum Gasteiger partial charge on any atom is 0.0662 e. The third kappa shape index (κ3) is 1.44. The Morgan fingerprint density at radius 1 is 1.43 bits per heavy atom. The van der Waals surface area contributed by atoms with E-state index >= 15 is 0 Å². The smallest absolute Gasteiger partial charge is 0.0662 e. The number of anilines is 1. The number of hydrogen-bond acceptors (Lipinski definition) is 2. The number of hydrogen-bond donors (Lipinski definition) is 1. The Labute approximate surface area is 88.3 Å². The van der Waals surface area contributed by atoms with Crippen LogP contribution in [0.25, 0.3) is 0 Å². The van der Waals surface area contributed by atoms with Gasteiger partial charge in [-0.05, 0) is 36.6 Å². The van der Waals surface area contributed by atoms with E-state index in [-0.39, 0.29) is 11.8 Å². The Kier molecular flexibility index (Phi) is 2.35. The van der Waals surface area contributed by atoms with Gasteiger partial charge in [-0.15, -0.1) is 0 Å². The quantitative estimate of drug-likeness (QED) is 0.719. The highest BCUT2D eigenvalue weighted by Gasteiger charge is 2.33. The molecule has 0 aromatic heterocycles. The summed E-state index contributed by atoms with van der Waals surface area (Å²) in [4.78, 5) is 0. The van der Waals surface area contributed by atoms with Crippen molar-refractivity contribution in [2.24, 2.45) is 5.92 Å². The lowest BCUT2D eigenvalue weighted by atomic mass is 9.71. The number of halogens is 1. The summed E-state index contributed by atoms with van der Waals surface area (Å²) in [6.45, 7) is 0. The van der Waals surface area contributed by atoms with Gasteiger partial charge in [0.15, 0.2) is 0 Å². The predicted molar refractivity (Wildman–Crippen MR) is 56.9 cm³/mol. The highest BCUT2D eigenvalue weighted by Crippen LogP contribution is 2.44. The minimum absolute atomic E-state index is 0.120. The van der Waals surface area contributed by atoms with E-state index in [0.29, 0.717) is 5.69 Å². The van der Waals surface area contributed by atoms with E-state index < -0.39 is 0 Å². The molecule has 0 radical (unpaired) electrons. The molecular weight excluding hydrogens is 196 g/mol. The van der Waals surface area contributed by atoms with E-state index in [1.807, 2.05) is 6.07 Å². The Morgan fingerprint density at radius 3 is 2.79 bits per heavy atom. The highest BCUT2D eigenvalue weighted by molar-refractivity contribution is 6.31. The van der Waals surface area contributed by atoms with E-state index in [1.54, 1.807) is 12.1 Å². The van der Waals surface area contributed by atoms with Crippen molar-refractivity contribution in [3.8, 4) is 6.07 Å². The first-order chi connectivity index (χ1) is 6.72. The molecule has 0 amide bonds. The second kappa shape index (κ2) is 3.51. The van der Waals surface area contributed by atoms with Crippen LogP contribution in [0.4, 0.5) is 5.69 Å². The highest BCUT2D eigenvalue weighted by atomic mass is 35.5. The Hall–Kier alpha value is -1.20. The van der Waals surface area contributed by atoms with Crippen molar-refractivity contribution in [1.29, 1.82) is 5.26 Å². The molecule has 0 bridgehead atoms. The monoisotopic (exact) mass is 206 g/mol. The van der Waals surface area contributed by atoms with Gasteiger partial charge in [-0.1, -0.05) is 11.6 Å². The maximum atomic E-state index is 8.85. The number of nitrogens with zero attached hydrogens (tertiary/aromatic N) is 1. The summed E-state index contributed by atoms with van der Waals surface area (Å²) in [6, 6.07) is 7.77. The van der Waals surface area contributed by atoms with Gasteiger partial charge in [0, 0.05) is 16.6 Å². The average Bonchev–Trinajstić information content (AvgIpc) is 2.10. The molecule has 0 saturated heterocycles. The first-order valence-corrected chi connectivity index (χ1v) is 5.04. The summed E-state index contributed by atoms with van der Waals surface area (Å²) in [5.74, 6) is 0.408. The second-order valence-corrected chi connectivity index (χ2v) is 4.11. The van der Waals surface area contributed by atoms with Crippen LogP contribution in [-0.2, 0) is 0 Å². The largest absolute Gasteiger partial charge is 0.399 e. The van der Waals surface area contributed by atoms with Crippen molar-refractivity contribution in [2.45, 2.75) is 18.8 Å². The van der Waals surface area contributed by atoms with Crippen molar-refractivity contribution >= 4 is 17.3 Å². The zero-order chi connectivity index (χ0) is 10.1. The molecule has 2 rings (SSSR count). The Bertz CT molecular complexity index is 395. The molecule has 2 nitrogen and oxygen atoms in total. The number of nitrogens with two attached hydrogens (primary N) is 1. The average molecular weight is 207 g/mol. The molecule has 1 aromatic rings. The minimum Gasteiger partial charge on any atom is -0.399 e. The van der Waals surface area contributed by atoms with Gasteiger partial charge in [0.1, 0.15) is 0 Å². The maximum absolute atomic E-state index is 8.85. The summed E-state index contributed by atoms with van der Waals surface area (Å²) in [6.07, 6.45) is 2.02. The molecule has 1 fully saturated rings. The van der Waals surface area contributed by atoms with Gasteiger partial charge in [-0.3, -0.25) is 0 Å². The molecule has 1 aromatic carbocycles. The molecule has 3 heteroatoms. The van der Waals surface area contributed by atoms with Gasteiger partial charge in [0.05, 0.1) is 12.0 Å². The Balaban J connectivity index is 2.32. The second-order valence-electron chi connectivity index (χ2n) is 3.70. The van der Waals surface area contributed by atoms with Gasteiger partial charge in [-0.25, -0.2) is 0 Å². The van der Waals surface area contributed by atoms with Crippen molar-refractivity contribution in [1.82, 2.24) is 0 Å². The van der Waals surface area contributed by atoms with E-state index in [4.69, 9.17) is 22.6 Å². The molecule has 0 heterocycles. The first-order valence-electron chi connectivity index (χ1n) is 4.67. The van der Waals surface area contributed by atoms with Crippen LogP contribution < -0.4 is 5.73 Å². The molecule has 2 N–H and O–H groups in total. The van der Waals surface area contributed by atoms with E-state index in [0.717, 1.165) is 23.4 Å². The number of nitriles is 1. The van der Waals surface area contributed by atoms with Gasteiger partial charge in [0.2, 0.25) is 0 Å². The lowest BCUT2D eigenvalue weighted by molar-refractivity contribution is 0.325. The molecule has 0 spiro atoms. The summed E-state index contributed by atoms with van der Waals surface area (Å²) >= 11 is 6.06. The third-order valence-corrected chi connectivity index (χ3v) is 3.20. The van der Waals surface area contributed by atoms with E-state index in [9.17, 15) is 0 Å². The Morgan fingerprint density at radius 2 is 2.21 bits per heavy atom. The molecular formula is C11H11ClN2. The molecule has 1 aliphatic carbocycles. The van der Waals surface area contributed by atoms with Crippen molar-refractivity contribution < 1.29 is 0 Å². The van der Waals surface area contributed by atoms with Gasteiger partial charge in [0.25, 0.3) is 0 Å².